The van der Waals surface area contributed by atoms with Gasteiger partial charge in [0.15, 0.2) is 0 Å². The molecule has 1 aromatic carbocycles. The molecule has 1 aliphatic carbocycles. The molecular weight excluding hydrogens is 258 g/mol. The Kier molecular flexibility index (Phi) is 3.36. The van der Waals surface area contributed by atoms with Crippen LogP contribution < -0.4 is 4.74 Å². The van der Waals surface area contributed by atoms with Gasteiger partial charge < -0.3 is 19.1 Å². The van der Waals surface area contributed by atoms with Crippen LogP contribution in [0.15, 0.2) is 24.4 Å². The van der Waals surface area contributed by atoms with Gasteiger partial charge in [0.1, 0.15) is 5.75 Å². The van der Waals surface area contributed by atoms with Gasteiger partial charge in [-0.2, -0.15) is 0 Å². The molecule has 1 N–H and O–H groups in total. The lowest BCUT2D eigenvalue weighted by atomic mass is 10.1. The number of rotatable bonds is 6. The molecule has 0 amide bonds. The SMILES string of the molecule is COCCn1cc(C(=O)O)c2c(OC3CC3)cccc21. The molecule has 0 aliphatic heterocycles. The minimum Gasteiger partial charge on any atom is -0.490 e. The third-order valence-corrected chi connectivity index (χ3v) is 3.45. The number of hydrogen-bond acceptors (Lipinski definition) is 3. The molecule has 106 valence electrons. The third kappa shape index (κ3) is 2.36. The largest absolute Gasteiger partial charge is 0.490 e. The molecule has 0 saturated heterocycles. The van der Waals surface area contributed by atoms with Crippen molar-refractivity contribution in [2.24, 2.45) is 0 Å². The minimum absolute atomic E-state index is 0.240. The van der Waals surface area contributed by atoms with Crippen LogP contribution in [0.1, 0.15) is 23.2 Å². The van der Waals surface area contributed by atoms with Gasteiger partial charge in [-0.25, -0.2) is 4.79 Å². The van der Waals surface area contributed by atoms with Gasteiger partial charge in [0, 0.05) is 19.9 Å². The van der Waals surface area contributed by atoms with Gasteiger partial charge in [0.05, 0.1) is 29.2 Å². The predicted octanol–water partition coefficient (Wildman–Crippen LogP) is 2.53. The van der Waals surface area contributed by atoms with E-state index in [1.54, 1.807) is 13.3 Å². The maximum Gasteiger partial charge on any atom is 0.338 e. The van der Waals surface area contributed by atoms with E-state index < -0.39 is 5.97 Å². The smallest absolute Gasteiger partial charge is 0.338 e. The van der Waals surface area contributed by atoms with Crippen LogP contribution >= 0.6 is 0 Å². The fourth-order valence-corrected chi connectivity index (χ4v) is 2.32. The summed E-state index contributed by atoms with van der Waals surface area (Å²) in [5.74, 6) is -0.267. The summed E-state index contributed by atoms with van der Waals surface area (Å²) in [5.41, 5.74) is 1.16. The van der Waals surface area contributed by atoms with Crippen LogP contribution in [0.3, 0.4) is 0 Å². The van der Waals surface area contributed by atoms with Crippen LogP contribution in [-0.2, 0) is 11.3 Å². The van der Waals surface area contributed by atoms with Crippen LogP contribution in [-0.4, -0.2) is 35.5 Å². The van der Waals surface area contributed by atoms with Gasteiger partial charge in [-0.3, -0.25) is 0 Å². The molecule has 0 spiro atoms. The van der Waals surface area contributed by atoms with Crippen LogP contribution in [0.4, 0.5) is 0 Å². The number of carboxylic acid groups (broad SMARTS) is 1. The molecule has 20 heavy (non-hydrogen) atoms. The van der Waals surface area contributed by atoms with Gasteiger partial charge in [-0.15, -0.1) is 0 Å². The summed E-state index contributed by atoms with van der Waals surface area (Å²) in [6, 6.07) is 5.65. The zero-order chi connectivity index (χ0) is 14.1. The van der Waals surface area contributed by atoms with E-state index in [-0.39, 0.29) is 11.7 Å². The van der Waals surface area contributed by atoms with E-state index in [0.717, 1.165) is 18.4 Å². The molecule has 0 bridgehead atoms. The molecule has 1 aliphatic rings. The number of carbonyl (C=O) groups is 1. The number of fused-ring (bicyclic) bond motifs is 1. The van der Waals surface area contributed by atoms with Crippen LogP contribution in [0.25, 0.3) is 10.9 Å². The van der Waals surface area contributed by atoms with Crippen molar-refractivity contribution >= 4 is 16.9 Å². The summed E-state index contributed by atoms with van der Waals surface area (Å²) >= 11 is 0. The van der Waals surface area contributed by atoms with Crippen molar-refractivity contribution in [3.8, 4) is 5.75 Å². The first-order valence-corrected chi connectivity index (χ1v) is 6.71. The summed E-state index contributed by atoms with van der Waals surface area (Å²) in [6.07, 6.45) is 3.99. The number of benzene rings is 1. The summed E-state index contributed by atoms with van der Waals surface area (Å²) in [6.45, 7) is 1.16. The second kappa shape index (κ2) is 5.17. The fraction of sp³-hybridized carbons (Fsp3) is 0.400. The number of methoxy groups -OCH3 is 1. The van der Waals surface area contributed by atoms with E-state index in [4.69, 9.17) is 9.47 Å². The van der Waals surface area contributed by atoms with Gasteiger partial charge in [0.25, 0.3) is 0 Å². The minimum atomic E-state index is -0.932. The van der Waals surface area contributed by atoms with Crippen molar-refractivity contribution in [3.05, 3.63) is 30.0 Å². The maximum absolute atomic E-state index is 11.5. The maximum atomic E-state index is 11.5. The van der Waals surface area contributed by atoms with Crippen molar-refractivity contribution in [2.45, 2.75) is 25.5 Å². The van der Waals surface area contributed by atoms with E-state index in [2.05, 4.69) is 0 Å². The zero-order valence-electron chi connectivity index (χ0n) is 11.3. The Morgan fingerprint density at radius 1 is 1.45 bits per heavy atom. The van der Waals surface area contributed by atoms with Gasteiger partial charge in [-0.05, 0) is 25.0 Å². The van der Waals surface area contributed by atoms with Crippen LogP contribution in [0.2, 0.25) is 0 Å². The highest BCUT2D eigenvalue weighted by Gasteiger charge is 2.26. The normalized spacial score (nSPS) is 14.7. The molecule has 5 heteroatoms. The summed E-state index contributed by atoms with van der Waals surface area (Å²) in [4.78, 5) is 11.5. The van der Waals surface area contributed by atoms with E-state index in [1.807, 2.05) is 22.8 Å². The first kappa shape index (κ1) is 13.0. The predicted molar refractivity (Wildman–Crippen MR) is 74.4 cm³/mol. The van der Waals surface area contributed by atoms with E-state index in [9.17, 15) is 9.90 Å². The molecule has 5 nitrogen and oxygen atoms in total. The number of carboxylic acids is 1. The number of aromatic nitrogens is 1. The lowest BCUT2D eigenvalue weighted by Crippen LogP contribution is -2.02. The number of ether oxygens (including phenoxy) is 2. The summed E-state index contributed by atoms with van der Waals surface area (Å²) in [5, 5.41) is 10.1. The highest BCUT2D eigenvalue weighted by Crippen LogP contribution is 2.35. The molecule has 2 aromatic rings. The first-order valence-electron chi connectivity index (χ1n) is 6.71. The Morgan fingerprint density at radius 3 is 2.90 bits per heavy atom. The van der Waals surface area contributed by atoms with Gasteiger partial charge >= 0.3 is 5.97 Å². The standard InChI is InChI=1S/C15H17NO4/c1-19-8-7-16-9-11(15(17)18)14-12(16)3-2-4-13(14)20-10-5-6-10/h2-4,9-10H,5-8H2,1H3,(H,17,18). The highest BCUT2D eigenvalue weighted by molar-refractivity contribution is 6.06. The molecule has 0 radical (unpaired) electrons. The summed E-state index contributed by atoms with van der Waals surface area (Å²) in [7, 11) is 1.63. The molecule has 3 rings (SSSR count). The van der Waals surface area contributed by atoms with Crippen molar-refractivity contribution < 1.29 is 19.4 Å². The Morgan fingerprint density at radius 2 is 2.25 bits per heavy atom. The Labute approximate surface area is 116 Å². The average molecular weight is 275 g/mol. The zero-order valence-corrected chi connectivity index (χ0v) is 11.3. The lowest BCUT2D eigenvalue weighted by molar-refractivity contribution is 0.0698. The number of nitrogens with zero attached hydrogens (tertiary/aromatic N) is 1. The van der Waals surface area contributed by atoms with Crippen LogP contribution in [0.5, 0.6) is 5.75 Å². The van der Waals surface area contributed by atoms with Crippen LogP contribution in [0, 0.1) is 0 Å². The highest BCUT2D eigenvalue weighted by atomic mass is 16.5. The average Bonchev–Trinajstić information content (AvgIpc) is 3.16. The molecule has 0 atom stereocenters. The quantitative estimate of drug-likeness (QED) is 0.880. The number of aromatic carboxylic acids is 1. The second-order valence-corrected chi connectivity index (χ2v) is 5.00. The van der Waals surface area contributed by atoms with E-state index >= 15 is 0 Å². The Balaban J connectivity index is 2.10. The lowest BCUT2D eigenvalue weighted by Gasteiger charge is -2.08. The summed E-state index contributed by atoms with van der Waals surface area (Å²) < 4.78 is 12.8. The van der Waals surface area contributed by atoms with Crippen molar-refractivity contribution in [1.82, 2.24) is 4.57 Å². The van der Waals surface area contributed by atoms with Crippen molar-refractivity contribution in [1.29, 1.82) is 0 Å². The monoisotopic (exact) mass is 275 g/mol. The van der Waals surface area contributed by atoms with Gasteiger partial charge in [-0.1, -0.05) is 6.07 Å². The van der Waals surface area contributed by atoms with E-state index in [0.29, 0.717) is 24.3 Å². The first-order chi connectivity index (χ1) is 9.70. The molecular formula is C15H17NO4. The topological polar surface area (TPSA) is 60.7 Å². The molecule has 1 saturated carbocycles. The Bertz CT molecular complexity index is 643. The van der Waals surface area contributed by atoms with Crippen molar-refractivity contribution in [3.63, 3.8) is 0 Å². The molecule has 1 aromatic heterocycles. The third-order valence-electron chi connectivity index (χ3n) is 3.45. The number of hydrogen-bond donors (Lipinski definition) is 1. The molecule has 1 fully saturated rings. The fourth-order valence-electron chi connectivity index (χ4n) is 2.32. The Hall–Kier alpha value is -2.01. The molecule has 1 heterocycles. The molecule has 0 unspecified atom stereocenters. The van der Waals surface area contributed by atoms with Gasteiger partial charge in [0.2, 0.25) is 0 Å². The second-order valence-electron chi connectivity index (χ2n) is 5.00. The van der Waals surface area contributed by atoms with Crippen molar-refractivity contribution in [2.75, 3.05) is 13.7 Å². The van der Waals surface area contributed by atoms with E-state index in [1.165, 1.54) is 0 Å².